The Balaban J connectivity index is -0.000000131. The molecule has 15 nitrogen and oxygen atoms in total. The normalized spacial score (nSPS) is 10.8. The number of hydrogen-bond acceptors (Lipinski definition) is 15. The molecule has 0 aromatic heterocycles. The average Bonchev–Trinajstić information content (AvgIpc) is 3.39. The van der Waals surface area contributed by atoms with Gasteiger partial charge in [0.15, 0.2) is 0 Å². The fourth-order valence-electron chi connectivity index (χ4n) is 5.48. The second-order valence-corrected chi connectivity index (χ2v) is 12.7. The van der Waals surface area contributed by atoms with Gasteiger partial charge in [0, 0.05) is 127 Å². The van der Waals surface area contributed by atoms with Crippen molar-refractivity contribution < 1.29 is 162 Å². The van der Waals surface area contributed by atoms with Gasteiger partial charge in [0.25, 0.3) is 0 Å². The molecule has 4 unspecified atom stereocenters. The van der Waals surface area contributed by atoms with E-state index in [1.165, 1.54) is 0 Å². The number of aliphatic hydroxyl groups is 11. The van der Waals surface area contributed by atoms with Gasteiger partial charge in [0.2, 0.25) is 0 Å². The fraction of sp³-hybridized carbons (Fsp3) is 0.463. The Morgan fingerprint density at radius 2 is 0.411 bits per heavy atom. The molecule has 422 valence electrons. The summed E-state index contributed by atoms with van der Waals surface area (Å²) in [6.07, 6.45) is 0.354. The summed E-state index contributed by atoms with van der Waals surface area (Å²) in [6, 6.07) is 32.1. The van der Waals surface area contributed by atoms with Crippen LogP contribution in [0.4, 0.5) is 0 Å². The molecule has 73 heavy (non-hydrogen) atoms. The molecule has 0 radical (unpaired) electrons. The maximum Gasteiger partial charge on any atom is 2.00 e. The van der Waals surface area contributed by atoms with Crippen molar-refractivity contribution in [3.05, 3.63) is 156 Å². The Morgan fingerprint density at radius 1 is 0.288 bits per heavy atom. The van der Waals surface area contributed by atoms with Crippen molar-refractivity contribution in [1.82, 2.24) is 0 Å². The first-order chi connectivity index (χ1) is 31.2. The van der Waals surface area contributed by atoms with Crippen LogP contribution < -0.4 is 18.9 Å². The molecule has 0 spiro atoms. The van der Waals surface area contributed by atoms with Crippen molar-refractivity contribution in [3.8, 4) is 23.0 Å². The van der Waals surface area contributed by atoms with Crippen LogP contribution in [-0.4, -0.2) is 157 Å². The van der Waals surface area contributed by atoms with Crippen molar-refractivity contribution in [2.75, 3.05) is 76.2 Å². The molecule has 0 heterocycles. The number of rotatable bonds is 21. The summed E-state index contributed by atoms with van der Waals surface area (Å²) in [5, 5.41) is 89.1. The number of aliphatic hydroxyl groups excluding tert-OH is 11. The van der Waals surface area contributed by atoms with Gasteiger partial charge in [-0.25, -0.2) is 0 Å². The smallest absolute Gasteiger partial charge is 0.491 e. The van der Waals surface area contributed by atoms with E-state index in [9.17, 15) is 20.4 Å². The van der Waals surface area contributed by atoms with E-state index in [2.05, 4.69) is 48.5 Å². The molecule has 11 N–H and O–H groups in total. The van der Waals surface area contributed by atoms with E-state index >= 15 is 0 Å². The molecular formula is C54H97O15Ti4-3. The van der Waals surface area contributed by atoms with E-state index in [1.54, 1.807) is 0 Å². The molecule has 0 bridgehead atoms. The zero-order chi connectivity index (χ0) is 49.9. The largest absolute Gasteiger partial charge is 2.00 e. The van der Waals surface area contributed by atoms with Crippen LogP contribution in [0.3, 0.4) is 0 Å². The average molecular weight is 1180 g/mol. The molecule has 0 saturated carbocycles. The quantitative estimate of drug-likeness (QED) is 0.0305. The van der Waals surface area contributed by atoms with Crippen molar-refractivity contribution in [2.24, 2.45) is 0 Å². The molecule has 0 aliphatic rings. The summed E-state index contributed by atoms with van der Waals surface area (Å²) in [5.41, 5.74) is 4.25. The van der Waals surface area contributed by atoms with Crippen molar-refractivity contribution >= 4 is 0 Å². The summed E-state index contributed by atoms with van der Waals surface area (Å²) >= 11 is 0. The minimum absolute atomic E-state index is 0. The van der Waals surface area contributed by atoms with Gasteiger partial charge in [0.1, 0.15) is 49.4 Å². The Bertz CT molecular complexity index is 1320. The minimum atomic E-state index is -0.527. The third-order valence-corrected chi connectivity index (χ3v) is 8.94. The monoisotopic (exact) mass is 1180 g/mol. The van der Waals surface area contributed by atoms with E-state index in [4.69, 9.17) is 54.7 Å². The predicted octanol–water partition coefficient (Wildman–Crippen LogP) is 6.75. The molecule has 0 aliphatic heterocycles. The Hall–Kier alpha value is -1.50. The first-order valence-electron chi connectivity index (χ1n) is 21.0. The maximum atomic E-state index is 10.0. The molecule has 4 rings (SSSR count). The van der Waals surface area contributed by atoms with E-state index in [-0.39, 0.29) is 162 Å². The molecular weight excluding hydrogens is 1080 g/mol. The first-order valence-corrected chi connectivity index (χ1v) is 21.0. The summed E-state index contributed by atoms with van der Waals surface area (Å²) in [4.78, 5) is 0. The van der Waals surface area contributed by atoms with Crippen molar-refractivity contribution in [1.29, 1.82) is 0 Å². The minimum Gasteiger partial charge on any atom is -0.491 e. The first kappa shape index (κ1) is 104. The van der Waals surface area contributed by atoms with Gasteiger partial charge in [0.05, 0.1) is 24.4 Å². The third kappa shape index (κ3) is 44.2. The van der Waals surface area contributed by atoms with E-state index < -0.39 is 24.4 Å². The molecule has 4 atom stereocenters. The van der Waals surface area contributed by atoms with Crippen molar-refractivity contribution in [3.63, 3.8) is 0 Å². The zero-order valence-electron chi connectivity index (χ0n) is 46.9. The molecule has 0 saturated heterocycles. The number of ether oxygens (including phenoxy) is 4. The standard InChI is InChI=1S/C42H54O8.7CH4O.5CH3.4Ti/c1-5-33(43)25-47-37-17-9-29(10-18-37)41(30-11-19-38(20-12-30)48-26-34(44)6-2)42(31-13-21-39(22-14-31)49-27-35(45)7-3)32-15-23-40(24-16-32)50-28-36(46)8-4;7*1-2;;;;;;;;;/h9-24,33-36,41-46H,5-8,25-28H2,1-4H3;7*2H,1H3;5*1H3;;;;/q;;;;;;;;5*-1;;;;+2. The van der Waals surface area contributed by atoms with E-state index in [1.807, 2.05) is 76.2 Å². The van der Waals surface area contributed by atoms with Gasteiger partial charge in [-0.15, -0.1) is 0 Å². The summed E-state index contributed by atoms with van der Waals surface area (Å²) < 4.78 is 23.5. The topological polar surface area (TPSA) is 259 Å². The maximum absolute atomic E-state index is 10.0. The SMILES string of the molecule is CCC(O)COc1ccc(C(c2ccc(OCC(O)CC)cc2)C(c2ccc(OCC(O)CC)cc2)c2ccc(OCC(O)CC)cc2)cc1.CO.CO.CO.CO.CO.CO.CO.[CH3-].[CH3-].[CH3-].[CH3-].[CH3-].[Ti+2].[Ti].[Ti].[Ti]. The van der Waals surface area contributed by atoms with Crippen LogP contribution in [-0.2, 0) is 86.9 Å². The molecule has 4 aromatic rings. The fourth-order valence-corrected chi connectivity index (χ4v) is 5.48. The van der Waals surface area contributed by atoms with Crippen LogP contribution in [0.15, 0.2) is 97.1 Å². The van der Waals surface area contributed by atoms with Crippen molar-refractivity contribution in [2.45, 2.75) is 89.6 Å². The summed E-state index contributed by atoms with van der Waals surface area (Å²) in [5.74, 6) is 2.43. The number of hydrogen-bond donors (Lipinski definition) is 11. The Morgan fingerprint density at radius 3 is 0.521 bits per heavy atom. The number of benzene rings is 4. The van der Waals surface area contributed by atoms with Crippen LogP contribution in [0.25, 0.3) is 0 Å². The second kappa shape index (κ2) is 72.6. The van der Waals surface area contributed by atoms with Gasteiger partial charge < -0.3 is 112 Å². The molecule has 4 aromatic carbocycles. The van der Waals surface area contributed by atoms with Gasteiger partial charge in [-0.1, -0.05) is 76.2 Å². The Kier molecular flexibility index (Phi) is 103. The predicted molar refractivity (Wildman–Crippen MR) is 286 cm³/mol. The van der Waals surface area contributed by atoms with Crippen LogP contribution >= 0.6 is 0 Å². The van der Waals surface area contributed by atoms with Gasteiger partial charge in [-0.3, -0.25) is 0 Å². The second-order valence-electron chi connectivity index (χ2n) is 12.7. The molecule has 19 heteroatoms. The molecule has 0 fully saturated rings. The van der Waals surface area contributed by atoms with Crippen LogP contribution in [0.1, 0.15) is 87.5 Å². The van der Waals surface area contributed by atoms with E-state index in [0.717, 1.165) is 72.0 Å². The van der Waals surface area contributed by atoms with Gasteiger partial charge in [-0.05, 0) is 96.5 Å². The van der Waals surface area contributed by atoms with Crippen LogP contribution in [0, 0.1) is 37.1 Å². The van der Waals surface area contributed by atoms with Crippen LogP contribution in [0.5, 0.6) is 23.0 Å². The molecule has 0 amide bonds. The van der Waals surface area contributed by atoms with Gasteiger partial charge in [-0.2, -0.15) is 0 Å². The van der Waals surface area contributed by atoms with Crippen LogP contribution in [0.2, 0.25) is 0 Å². The van der Waals surface area contributed by atoms with E-state index in [0.29, 0.717) is 48.7 Å². The third-order valence-electron chi connectivity index (χ3n) is 8.94. The Labute approximate surface area is 503 Å². The summed E-state index contributed by atoms with van der Waals surface area (Å²) in [7, 11) is 7.00. The summed E-state index contributed by atoms with van der Waals surface area (Å²) in [6.45, 7) is 8.59. The molecule has 0 aliphatic carbocycles. The zero-order valence-corrected chi connectivity index (χ0v) is 53.2. The van der Waals surface area contributed by atoms with Gasteiger partial charge >= 0.3 is 21.7 Å².